The van der Waals surface area contributed by atoms with Gasteiger partial charge in [-0.2, -0.15) is 0 Å². The van der Waals surface area contributed by atoms with Crippen LogP contribution in [0.1, 0.15) is 25.7 Å². The van der Waals surface area contributed by atoms with Crippen molar-refractivity contribution in [3.05, 3.63) is 54.6 Å². The maximum atomic E-state index is 3.66. The van der Waals surface area contributed by atoms with E-state index in [1.54, 1.807) is 0 Å². The summed E-state index contributed by atoms with van der Waals surface area (Å²) in [5.41, 5.74) is 3.86. The Morgan fingerprint density at radius 2 is 1.74 bits per heavy atom. The molecule has 0 bridgehead atoms. The lowest BCUT2D eigenvalue weighted by atomic mass is 10.0. The Labute approximate surface area is 142 Å². The lowest BCUT2D eigenvalue weighted by Gasteiger charge is -2.26. The second-order valence-electron chi connectivity index (χ2n) is 6.24. The molecule has 1 atom stereocenters. The first-order chi connectivity index (χ1) is 11.4. The van der Waals surface area contributed by atoms with Gasteiger partial charge < -0.3 is 5.32 Å². The molecule has 2 aliphatic rings. The molecule has 1 fully saturated rings. The molecule has 2 aromatic carbocycles. The minimum Gasteiger partial charge on any atom is -0.314 e. The molecular weight excluding hydrogens is 302 g/mol. The summed E-state index contributed by atoms with van der Waals surface area (Å²) < 4.78 is 4.78. The van der Waals surface area contributed by atoms with Gasteiger partial charge in [-0.05, 0) is 50.1 Å². The smallest absolute Gasteiger partial charge is 0.0784 e. The number of benzene rings is 2. The standard InChI is InChI=1S/C19H23N3S/c1-2-9-17(10-3-1)22-19-12-5-4-11-18(19)21(23-22)15-13-16-8-6-7-14-20-16/h1-5,9-12,16,20H,6-8,13-15H2. The Morgan fingerprint density at radius 1 is 0.957 bits per heavy atom. The van der Waals surface area contributed by atoms with Crippen LogP contribution in [0.3, 0.4) is 0 Å². The average Bonchev–Trinajstić information content (AvgIpc) is 3.01. The largest absolute Gasteiger partial charge is 0.314 e. The zero-order valence-corrected chi connectivity index (χ0v) is 14.1. The highest BCUT2D eigenvalue weighted by atomic mass is 32.2. The van der Waals surface area contributed by atoms with Gasteiger partial charge in [-0.25, -0.2) is 0 Å². The van der Waals surface area contributed by atoms with E-state index in [4.69, 9.17) is 0 Å². The summed E-state index contributed by atoms with van der Waals surface area (Å²) in [7, 11) is 0. The van der Waals surface area contributed by atoms with Crippen molar-refractivity contribution >= 4 is 29.2 Å². The maximum Gasteiger partial charge on any atom is 0.0784 e. The SMILES string of the molecule is c1ccc(N2SN(CCC3CCCCN3)c3ccccc32)cc1. The van der Waals surface area contributed by atoms with Crippen LogP contribution in [-0.4, -0.2) is 19.1 Å². The van der Waals surface area contributed by atoms with Crippen molar-refractivity contribution in [1.82, 2.24) is 5.32 Å². The van der Waals surface area contributed by atoms with Crippen molar-refractivity contribution in [3.63, 3.8) is 0 Å². The summed E-state index contributed by atoms with van der Waals surface area (Å²) >= 11 is 1.82. The molecule has 0 saturated carbocycles. The quantitative estimate of drug-likeness (QED) is 0.818. The van der Waals surface area contributed by atoms with Crippen molar-refractivity contribution in [3.8, 4) is 0 Å². The lowest BCUT2D eigenvalue weighted by molar-refractivity contribution is 0.387. The summed E-state index contributed by atoms with van der Waals surface area (Å²) in [6.07, 6.45) is 5.24. The Kier molecular flexibility index (Phi) is 4.44. The van der Waals surface area contributed by atoms with Gasteiger partial charge in [0, 0.05) is 12.6 Å². The molecular formula is C19H23N3S. The van der Waals surface area contributed by atoms with Gasteiger partial charge in [0.15, 0.2) is 0 Å². The highest BCUT2D eigenvalue weighted by Gasteiger charge is 2.28. The van der Waals surface area contributed by atoms with E-state index >= 15 is 0 Å². The minimum atomic E-state index is 0.683. The van der Waals surface area contributed by atoms with Crippen LogP contribution in [0.25, 0.3) is 0 Å². The third kappa shape index (κ3) is 3.19. The Morgan fingerprint density at radius 3 is 2.52 bits per heavy atom. The maximum absolute atomic E-state index is 3.66. The predicted molar refractivity (Wildman–Crippen MR) is 100 cm³/mol. The first-order valence-electron chi connectivity index (χ1n) is 8.55. The molecule has 3 nitrogen and oxygen atoms in total. The molecule has 0 radical (unpaired) electrons. The highest BCUT2D eigenvalue weighted by molar-refractivity contribution is 8.02. The fraction of sp³-hybridized carbons (Fsp3) is 0.368. The number of fused-ring (bicyclic) bond motifs is 1. The Balaban J connectivity index is 1.50. The summed E-state index contributed by atoms with van der Waals surface area (Å²) in [6, 6.07) is 20.0. The first kappa shape index (κ1) is 14.9. The molecule has 120 valence electrons. The van der Waals surface area contributed by atoms with Crippen LogP contribution in [0.15, 0.2) is 54.6 Å². The Bertz CT molecular complexity index is 640. The minimum absolute atomic E-state index is 0.683. The normalized spacial score (nSPS) is 20.6. The zero-order valence-electron chi connectivity index (χ0n) is 13.3. The molecule has 2 heterocycles. The fourth-order valence-electron chi connectivity index (χ4n) is 3.39. The number of hydrogen-bond donors (Lipinski definition) is 1. The van der Waals surface area contributed by atoms with E-state index in [0.717, 1.165) is 6.54 Å². The summed E-state index contributed by atoms with van der Waals surface area (Å²) in [6.45, 7) is 2.27. The third-order valence-corrected chi connectivity index (χ3v) is 5.78. The molecule has 4 rings (SSSR count). The van der Waals surface area contributed by atoms with E-state index in [9.17, 15) is 0 Å². The number of rotatable bonds is 4. The topological polar surface area (TPSA) is 18.5 Å². The second-order valence-corrected chi connectivity index (χ2v) is 7.21. The molecule has 2 aliphatic heterocycles. The number of piperidine rings is 1. The van der Waals surface area contributed by atoms with Crippen LogP contribution >= 0.6 is 12.1 Å². The van der Waals surface area contributed by atoms with Crippen LogP contribution < -0.4 is 13.9 Å². The number of nitrogens with one attached hydrogen (secondary N) is 1. The van der Waals surface area contributed by atoms with Crippen molar-refractivity contribution in [2.75, 3.05) is 21.7 Å². The van der Waals surface area contributed by atoms with Gasteiger partial charge in [-0.15, -0.1) is 0 Å². The number of para-hydroxylation sites is 3. The van der Waals surface area contributed by atoms with Crippen LogP contribution in [0.5, 0.6) is 0 Å². The van der Waals surface area contributed by atoms with Crippen LogP contribution in [-0.2, 0) is 0 Å². The molecule has 0 amide bonds. The van der Waals surface area contributed by atoms with Crippen LogP contribution in [0.2, 0.25) is 0 Å². The molecule has 2 aromatic rings. The highest BCUT2D eigenvalue weighted by Crippen LogP contribution is 2.48. The number of nitrogens with zero attached hydrogens (tertiary/aromatic N) is 2. The first-order valence-corrected chi connectivity index (χ1v) is 9.28. The number of anilines is 3. The average molecular weight is 325 g/mol. The van der Waals surface area contributed by atoms with Crippen molar-refractivity contribution in [2.45, 2.75) is 31.7 Å². The third-order valence-electron chi connectivity index (χ3n) is 4.63. The predicted octanol–water partition coefficient (Wildman–Crippen LogP) is 4.74. The van der Waals surface area contributed by atoms with Gasteiger partial charge >= 0.3 is 0 Å². The zero-order chi connectivity index (χ0) is 15.5. The molecule has 0 aromatic heterocycles. The van der Waals surface area contributed by atoms with E-state index < -0.39 is 0 Å². The van der Waals surface area contributed by atoms with Crippen molar-refractivity contribution < 1.29 is 0 Å². The summed E-state index contributed by atoms with van der Waals surface area (Å²) in [5.74, 6) is 0. The summed E-state index contributed by atoms with van der Waals surface area (Å²) in [5, 5.41) is 3.66. The molecule has 4 heteroatoms. The van der Waals surface area contributed by atoms with E-state index in [2.05, 4.69) is 68.5 Å². The second kappa shape index (κ2) is 6.85. The van der Waals surface area contributed by atoms with E-state index in [1.807, 2.05) is 12.1 Å². The molecule has 1 unspecified atom stereocenters. The lowest BCUT2D eigenvalue weighted by Crippen LogP contribution is -2.36. The van der Waals surface area contributed by atoms with Gasteiger partial charge in [0.25, 0.3) is 0 Å². The Hall–Kier alpha value is -1.65. The van der Waals surface area contributed by atoms with E-state index in [0.29, 0.717) is 6.04 Å². The van der Waals surface area contributed by atoms with E-state index in [-0.39, 0.29) is 0 Å². The molecule has 0 aliphatic carbocycles. The van der Waals surface area contributed by atoms with Gasteiger partial charge in [-0.1, -0.05) is 36.8 Å². The van der Waals surface area contributed by atoms with Gasteiger partial charge in [0.05, 0.1) is 29.2 Å². The van der Waals surface area contributed by atoms with E-state index in [1.165, 1.54) is 49.3 Å². The summed E-state index contributed by atoms with van der Waals surface area (Å²) in [4.78, 5) is 0. The van der Waals surface area contributed by atoms with Gasteiger partial charge in [-0.3, -0.25) is 8.61 Å². The monoisotopic (exact) mass is 325 g/mol. The van der Waals surface area contributed by atoms with Gasteiger partial charge in [0.1, 0.15) is 0 Å². The number of hydrogen-bond acceptors (Lipinski definition) is 4. The molecule has 1 N–H and O–H groups in total. The van der Waals surface area contributed by atoms with Crippen molar-refractivity contribution in [1.29, 1.82) is 0 Å². The fourth-order valence-corrected chi connectivity index (χ4v) is 4.47. The molecule has 1 saturated heterocycles. The van der Waals surface area contributed by atoms with Crippen molar-refractivity contribution in [2.24, 2.45) is 0 Å². The van der Waals surface area contributed by atoms with Crippen LogP contribution in [0, 0.1) is 0 Å². The molecule has 0 spiro atoms. The molecule has 23 heavy (non-hydrogen) atoms. The van der Waals surface area contributed by atoms with Gasteiger partial charge in [0.2, 0.25) is 0 Å². The van der Waals surface area contributed by atoms with Crippen LogP contribution in [0.4, 0.5) is 17.1 Å².